The first-order valence-electron chi connectivity index (χ1n) is 9.39. The number of hydrogen-bond acceptors (Lipinski definition) is 5. The molecule has 2 heterocycles. The van der Waals surface area contributed by atoms with E-state index in [1.165, 1.54) is 0 Å². The molecule has 1 aliphatic rings. The van der Waals surface area contributed by atoms with Gasteiger partial charge in [-0.3, -0.25) is 9.48 Å². The van der Waals surface area contributed by atoms with Crippen LogP contribution >= 0.6 is 0 Å². The third-order valence-corrected chi connectivity index (χ3v) is 5.05. The number of nitrogens with one attached hydrogen (secondary N) is 1. The van der Waals surface area contributed by atoms with Crippen LogP contribution in [0.25, 0.3) is 11.3 Å². The Morgan fingerprint density at radius 3 is 2.83 bits per heavy atom. The van der Waals surface area contributed by atoms with Gasteiger partial charge in [-0.1, -0.05) is 18.2 Å². The van der Waals surface area contributed by atoms with Gasteiger partial charge in [-0.15, -0.1) is 0 Å². The average Bonchev–Trinajstić information content (AvgIpc) is 3.11. The Bertz CT molecular complexity index is 1060. The van der Waals surface area contributed by atoms with Gasteiger partial charge in [0, 0.05) is 30.8 Å². The summed E-state index contributed by atoms with van der Waals surface area (Å²) >= 11 is 0. The van der Waals surface area contributed by atoms with Crippen molar-refractivity contribution >= 4 is 5.91 Å². The van der Waals surface area contributed by atoms with E-state index in [-0.39, 0.29) is 5.91 Å². The van der Waals surface area contributed by atoms with Crippen LogP contribution in [-0.4, -0.2) is 36.5 Å². The van der Waals surface area contributed by atoms with Crippen molar-refractivity contribution in [2.75, 3.05) is 20.8 Å². The molecule has 1 aliphatic heterocycles. The van der Waals surface area contributed by atoms with Crippen molar-refractivity contribution in [1.82, 2.24) is 15.1 Å². The van der Waals surface area contributed by atoms with Gasteiger partial charge in [-0.25, -0.2) is 0 Å². The van der Waals surface area contributed by atoms with E-state index in [1.54, 1.807) is 18.9 Å². The maximum absolute atomic E-state index is 12.8. The Morgan fingerprint density at radius 1 is 1.21 bits per heavy atom. The maximum Gasteiger partial charge on any atom is 0.272 e. The van der Waals surface area contributed by atoms with Crippen LogP contribution in [0.3, 0.4) is 0 Å². The molecule has 7 nitrogen and oxygen atoms in total. The molecule has 0 unspecified atom stereocenters. The van der Waals surface area contributed by atoms with E-state index in [1.807, 2.05) is 49.5 Å². The predicted octanol–water partition coefficient (Wildman–Crippen LogP) is 2.97. The third-order valence-electron chi connectivity index (χ3n) is 5.05. The van der Waals surface area contributed by atoms with Crippen molar-refractivity contribution < 1.29 is 19.0 Å². The smallest absolute Gasteiger partial charge is 0.272 e. The fourth-order valence-electron chi connectivity index (χ4n) is 3.61. The topological polar surface area (TPSA) is 74.6 Å². The van der Waals surface area contributed by atoms with E-state index in [2.05, 4.69) is 10.4 Å². The quantitative estimate of drug-likeness (QED) is 0.697. The number of hydrogen-bond donors (Lipinski definition) is 1. The van der Waals surface area contributed by atoms with E-state index in [9.17, 15) is 4.79 Å². The van der Waals surface area contributed by atoms with Gasteiger partial charge in [0.1, 0.15) is 23.9 Å². The molecule has 0 atom stereocenters. The number of rotatable bonds is 6. The molecule has 3 aromatic rings. The summed E-state index contributed by atoms with van der Waals surface area (Å²) in [6.45, 7) is 0.791. The molecule has 0 spiro atoms. The van der Waals surface area contributed by atoms with E-state index >= 15 is 0 Å². The number of ether oxygens (including phenoxy) is 3. The Kier molecular flexibility index (Phi) is 5.12. The zero-order valence-electron chi connectivity index (χ0n) is 16.7. The van der Waals surface area contributed by atoms with E-state index in [0.717, 1.165) is 39.6 Å². The van der Waals surface area contributed by atoms with Gasteiger partial charge in [0.15, 0.2) is 5.69 Å². The molecule has 0 radical (unpaired) electrons. The summed E-state index contributed by atoms with van der Waals surface area (Å²) in [5.41, 5.74) is 4.08. The Balaban J connectivity index is 1.49. The molecular weight excluding hydrogens is 370 g/mol. The van der Waals surface area contributed by atoms with Crippen molar-refractivity contribution in [3.63, 3.8) is 0 Å². The molecule has 0 saturated heterocycles. The second-order valence-corrected chi connectivity index (χ2v) is 6.77. The number of carbonyl (C=O) groups is 1. The summed E-state index contributed by atoms with van der Waals surface area (Å²) in [5.74, 6) is 2.06. The number of aromatic nitrogens is 2. The molecule has 150 valence electrons. The largest absolute Gasteiger partial charge is 0.497 e. The lowest BCUT2D eigenvalue weighted by Gasteiger charge is -2.18. The van der Waals surface area contributed by atoms with Crippen LogP contribution in [-0.2, 0) is 20.1 Å². The predicted molar refractivity (Wildman–Crippen MR) is 109 cm³/mol. The first-order valence-corrected chi connectivity index (χ1v) is 9.39. The fraction of sp³-hybridized carbons (Fsp3) is 0.273. The summed E-state index contributed by atoms with van der Waals surface area (Å²) in [4.78, 5) is 12.8. The van der Waals surface area contributed by atoms with Crippen molar-refractivity contribution in [1.29, 1.82) is 0 Å². The van der Waals surface area contributed by atoms with Crippen LogP contribution < -0.4 is 19.5 Å². The van der Waals surface area contributed by atoms with Crippen molar-refractivity contribution in [3.8, 4) is 28.5 Å². The first kappa shape index (κ1) is 18.9. The summed E-state index contributed by atoms with van der Waals surface area (Å²) in [7, 11) is 5.08. The van der Waals surface area contributed by atoms with Crippen LogP contribution in [0.4, 0.5) is 0 Å². The number of para-hydroxylation sites is 1. The van der Waals surface area contributed by atoms with Gasteiger partial charge in [0.2, 0.25) is 0 Å². The molecule has 0 fully saturated rings. The van der Waals surface area contributed by atoms with E-state index < -0.39 is 0 Å². The third kappa shape index (κ3) is 3.51. The van der Waals surface area contributed by atoms with E-state index in [4.69, 9.17) is 14.2 Å². The second-order valence-electron chi connectivity index (χ2n) is 6.77. The Morgan fingerprint density at radius 2 is 2.03 bits per heavy atom. The number of carbonyl (C=O) groups excluding carboxylic acids is 1. The van der Waals surface area contributed by atoms with Gasteiger partial charge >= 0.3 is 0 Å². The normalized spacial score (nSPS) is 11.8. The van der Waals surface area contributed by atoms with Gasteiger partial charge in [-0.2, -0.15) is 5.10 Å². The second kappa shape index (κ2) is 7.87. The lowest BCUT2D eigenvalue weighted by atomic mass is 10.0. The Hall–Kier alpha value is -3.48. The number of fused-ring (bicyclic) bond motifs is 3. The minimum atomic E-state index is -0.211. The van der Waals surface area contributed by atoms with Crippen LogP contribution in [0, 0.1) is 0 Å². The summed E-state index contributed by atoms with van der Waals surface area (Å²) in [5, 5.41) is 7.41. The maximum atomic E-state index is 12.8. The lowest BCUT2D eigenvalue weighted by Crippen LogP contribution is -2.27. The number of amides is 1. The van der Waals surface area contributed by atoms with Gasteiger partial charge < -0.3 is 19.5 Å². The lowest BCUT2D eigenvalue weighted by molar-refractivity contribution is 0.0946. The molecule has 1 N–H and O–H groups in total. The molecule has 2 aromatic carbocycles. The molecular formula is C22H23N3O4. The summed E-state index contributed by atoms with van der Waals surface area (Å²) < 4.78 is 18.2. The highest BCUT2D eigenvalue weighted by Crippen LogP contribution is 2.38. The molecule has 4 rings (SSSR count). The minimum Gasteiger partial charge on any atom is -0.497 e. The highest BCUT2D eigenvalue weighted by atomic mass is 16.5. The molecule has 1 aromatic heterocycles. The standard InChI is InChI=1S/C22H23N3O4/c1-25-21-16-6-4-5-7-18(16)29-13-17(21)20(24-25)22(26)23-11-10-14-8-9-15(27-2)12-19(14)28-3/h4-9,12H,10-11,13H2,1-3H3,(H,23,26). The number of nitrogens with zero attached hydrogens (tertiary/aromatic N) is 2. The van der Waals surface area contributed by atoms with Crippen LogP contribution in [0.5, 0.6) is 17.2 Å². The van der Waals surface area contributed by atoms with Gasteiger partial charge in [0.05, 0.1) is 19.9 Å². The van der Waals surface area contributed by atoms with E-state index in [0.29, 0.717) is 25.3 Å². The van der Waals surface area contributed by atoms with Crippen molar-refractivity contribution in [2.24, 2.45) is 7.05 Å². The van der Waals surface area contributed by atoms with Crippen LogP contribution in [0.2, 0.25) is 0 Å². The Labute approximate surface area is 169 Å². The molecule has 7 heteroatoms. The van der Waals surface area contributed by atoms with Gasteiger partial charge in [-0.05, 0) is 30.2 Å². The zero-order chi connectivity index (χ0) is 20.4. The monoisotopic (exact) mass is 393 g/mol. The number of aryl methyl sites for hydroxylation is 1. The summed E-state index contributed by atoms with van der Waals surface area (Å²) in [6, 6.07) is 13.4. The minimum absolute atomic E-state index is 0.211. The van der Waals surface area contributed by atoms with Gasteiger partial charge in [0.25, 0.3) is 5.91 Å². The van der Waals surface area contributed by atoms with Crippen molar-refractivity contribution in [3.05, 3.63) is 59.3 Å². The highest BCUT2D eigenvalue weighted by molar-refractivity contribution is 5.96. The SMILES string of the molecule is COc1ccc(CCNC(=O)c2nn(C)c3c2COc2ccccc2-3)c(OC)c1. The number of methoxy groups -OCH3 is 2. The van der Waals surface area contributed by atoms with Crippen molar-refractivity contribution in [2.45, 2.75) is 13.0 Å². The molecule has 0 aliphatic carbocycles. The van der Waals surface area contributed by atoms with Crippen LogP contribution in [0.15, 0.2) is 42.5 Å². The fourth-order valence-corrected chi connectivity index (χ4v) is 3.61. The first-order chi connectivity index (χ1) is 14.1. The zero-order valence-corrected chi connectivity index (χ0v) is 16.7. The molecule has 29 heavy (non-hydrogen) atoms. The molecule has 0 saturated carbocycles. The molecule has 1 amide bonds. The summed E-state index contributed by atoms with van der Waals surface area (Å²) in [6.07, 6.45) is 0.632. The number of benzene rings is 2. The van der Waals surface area contributed by atoms with Crippen LogP contribution in [0.1, 0.15) is 21.6 Å². The molecule has 0 bridgehead atoms. The highest BCUT2D eigenvalue weighted by Gasteiger charge is 2.28. The average molecular weight is 393 g/mol.